The van der Waals surface area contributed by atoms with Gasteiger partial charge in [-0.1, -0.05) is 19.9 Å². The van der Waals surface area contributed by atoms with Gasteiger partial charge < -0.3 is 24.2 Å². The largest absolute Gasteiger partial charge is 0.503 e. The first kappa shape index (κ1) is 21.7. The summed E-state index contributed by atoms with van der Waals surface area (Å²) in [7, 11) is 4.50. The van der Waals surface area contributed by atoms with E-state index in [1.165, 1.54) is 37.6 Å². The molecule has 2 aromatic rings. The Labute approximate surface area is 179 Å². The molecule has 3 rings (SSSR count). The average molecular weight is 432 g/mol. The molecule has 1 aromatic carbocycles. The molecule has 0 radical (unpaired) electrons. The first-order chi connectivity index (χ1) is 14.3. The van der Waals surface area contributed by atoms with Crippen molar-refractivity contribution in [3.63, 3.8) is 0 Å². The van der Waals surface area contributed by atoms with Crippen molar-refractivity contribution in [2.45, 2.75) is 26.4 Å². The van der Waals surface area contributed by atoms with Crippen molar-refractivity contribution >= 4 is 23.0 Å². The summed E-state index contributed by atoms with van der Waals surface area (Å²) >= 11 is 1.50. The SMILES string of the molecule is COc1cc(C2C(C(=O)C(C)C)=C(O)C(=O)N2Cc2cccs2)cc(OC)c1OC. The number of carbonyl (C=O) groups is 2. The number of aliphatic hydroxyl groups is 1. The Morgan fingerprint density at radius 2 is 1.80 bits per heavy atom. The van der Waals surface area contributed by atoms with Gasteiger partial charge in [0.1, 0.15) is 0 Å². The third-order valence-corrected chi connectivity index (χ3v) is 5.86. The van der Waals surface area contributed by atoms with Crippen LogP contribution in [0, 0.1) is 5.92 Å². The average Bonchev–Trinajstić information content (AvgIpc) is 3.34. The predicted molar refractivity (Wildman–Crippen MR) is 113 cm³/mol. The van der Waals surface area contributed by atoms with Crippen molar-refractivity contribution in [3.05, 3.63) is 51.4 Å². The third-order valence-electron chi connectivity index (χ3n) is 5.00. The second-order valence-corrected chi connectivity index (χ2v) is 8.19. The highest BCUT2D eigenvalue weighted by Gasteiger charge is 2.44. The molecular formula is C22H25NO6S. The van der Waals surface area contributed by atoms with Crippen molar-refractivity contribution in [2.75, 3.05) is 21.3 Å². The summed E-state index contributed by atoms with van der Waals surface area (Å²) in [4.78, 5) is 28.4. The van der Waals surface area contributed by atoms with Gasteiger partial charge in [0.2, 0.25) is 5.75 Å². The first-order valence-electron chi connectivity index (χ1n) is 9.44. The van der Waals surface area contributed by atoms with E-state index in [2.05, 4.69) is 0 Å². The molecule has 1 amide bonds. The molecule has 1 unspecified atom stereocenters. The molecular weight excluding hydrogens is 406 g/mol. The zero-order valence-electron chi connectivity index (χ0n) is 17.6. The molecule has 30 heavy (non-hydrogen) atoms. The minimum atomic E-state index is -0.775. The standard InChI is InChI=1S/C22H25NO6S/c1-12(2)19(24)17-18(13-9-15(27-3)21(29-5)16(10-13)28-4)23(22(26)20(17)25)11-14-7-6-8-30-14/h6-10,12,18,25H,11H2,1-5H3. The van der Waals surface area contributed by atoms with Crippen molar-refractivity contribution < 1.29 is 28.9 Å². The third kappa shape index (κ3) is 3.75. The van der Waals surface area contributed by atoms with Gasteiger partial charge in [-0.3, -0.25) is 9.59 Å². The smallest absolute Gasteiger partial charge is 0.290 e. The molecule has 2 heterocycles. The van der Waals surface area contributed by atoms with Crippen LogP contribution in [0.5, 0.6) is 17.2 Å². The van der Waals surface area contributed by atoms with E-state index in [4.69, 9.17) is 14.2 Å². The zero-order valence-corrected chi connectivity index (χ0v) is 18.4. The molecule has 0 fully saturated rings. The Bertz CT molecular complexity index is 955. The number of amides is 1. The number of rotatable bonds is 8. The molecule has 1 N–H and O–H groups in total. The fourth-order valence-electron chi connectivity index (χ4n) is 3.56. The van der Waals surface area contributed by atoms with Crippen LogP contribution in [-0.4, -0.2) is 43.0 Å². The molecule has 8 heteroatoms. The highest BCUT2D eigenvalue weighted by molar-refractivity contribution is 7.09. The van der Waals surface area contributed by atoms with Crippen LogP contribution in [0.25, 0.3) is 0 Å². The van der Waals surface area contributed by atoms with Crippen LogP contribution < -0.4 is 14.2 Å². The second-order valence-electron chi connectivity index (χ2n) is 7.15. The quantitative estimate of drug-likeness (QED) is 0.682. The van der Waals surface area contributed by atoms with Crippen LogP contribution >= 0.6 is 11.3 Å². The van der Waals surface area contributed by atoms with E-state index in [1.807, 2.05) is 17.5 Å². The van der Waals surface area contributed by atoms with Crippen molar-refractivity contribution in [1.29, 1.82) is 0 Å². The molecule has 0 bridgehead atoms. The van der Waals surface area contributed by atoms with Gasteiger partial charge in [-0.15, -0.1) is 11.3 Å². The van der Waals surface area contributed by atoms with Crippen LogP contribution in [0.2, 0.25) is 0 Å². The molecule has 7 nitrogen and oxygen atoms in total. The molecule has 1 atom stereocenters. The number of hydrogen-bond acceptors (Lipinski definition) is 7. The molecule has 0 saturated heterocycles. The first-order valence-corrected chi connectivity index (χ1v) is 10.3. The van der Waals surface area contributed by atoms with Gasteiger partial charge in [-0.25, -0.2) is 0 Å². The summed E-state index contributed by atoms with van der Waals surface area (Å²) in [6, 6.07) is 6.43. The summed E-state index contributed by atoms with van der Waals surface area (Å²) in [5.41, 5.74) is 0.670. The molecule has 0 spiro atoms. The highest BCUT2D eigenvalue weighted by atomic mass is 32.1. The topological polar surface area (TPSA) is 85.3 Å². The lowest BCUT2D eigenvalue weighted by atomic mass is 9.91. The highest BCUT2D eigenvalue weighted by Crippen LogP contribution is 2.46. The summed E-state index contributed by atoms with van der Waals surface area (Å²) in [5, 5.41) is 12.6. The fraction of sp³-hybridized carbons (Fsp3) is 0.364. The molecule has 1 aliphatic heterocycles. The number of carbonyl (C=O) groups excluding carboxylic acids is 2. The van der Waals surface area contributed by atoms with Gasteiger partial charge in [-0.05, 0) is 29.1 Å². The number of benzene rings is 1. The van der Waals surface area contributed by atoms with E-state index in [0.29, 0.717) is 22.8 Å². The molecule has 0 saturated carbocycles. The Balaban J connectivity index is 2.19. The maximum absolute atomic E-state index is 13.0. The van der Waals surface area contributed by atoms with E-state index < -0.39 is 17.7 Å². The van der Waals surface area contributed by atoms with Gasteiger partial charge in [0.15, 0.2) is 23.0 Å². The summed E-state index contributed by atoms with van der Waals surface area (Å²) in [5.74, 6) is -0.552. The van der Waals surface area contributed by atoms with Crippen molar-refractivity contribution in [1.82, 2.24) is 4.90 Å². The Kier molecular flexibility index (Phi) is 6.36. The number of aliphatic hydroxyl groups excluding tert-OH is 1. The lowest BCUT2D eigenvalue weighted by Crippen LogP contribution is -2.31. The summed E-state index contributed by atoms with van der Waals surface area (Å²) < 4.78 is 16.3. The Morgan fingerprint density at radius 1 is 1.17 bits per heavy atom. The predicted octanol–water partition coefficient (Wildman–Crippen LogP) is 3.89. The number of thiophene rings is 1. The fourth-order valence-corrected chi connectivity index (χ4v) is 4.26. The molecule has 1 aromatic heterocycles. The van der Waals surface area contributed by atoms with E-state index in [-0.39, 0.29) is 23.8 Å². The lowest BCUT2D eigenvalue weighted by Gasteiger charge is -2.28. The van der Waals surface area contributed by atoms with Crippen LogP contribution in [0.1, 0.15) is 30.3 Å². The van der Waals surface area contributed by atoms with Gasteiger partial charge in [0, 0.05) is 10.8 Å². The minimum Gasteiger partial charge on any atom is -0.503 e. The summed E-state index contributed by atoms with van der Waals surface area (Å²) in [6.45, 7) is 3.74. The summed E-state index contributed by atoms with van der Waals surface area (Å²) in [6.07, 6.45) is 0. The maximum atomic E-state index is 13.0. The zero-order chi connectivity index (χ0) is 22.0. The van der Waals surface area contributed by atoms with Gasteiger partial charge in [-0.2, -0.15) is 0 Å². The van der Waals surface area contributed by atoms with Crippen LogP contribution in [0.15, 0.2) is 41.0 Å². The van der Waals surface area contributed by atoms with E-state index in [1.54, 1.807) is 26.0 Å². The van der Waals surface area contributed by atoms with Gasteiger partial charge in [0.05, 0.1) is 39.5 Å². The molecule has 0 aliphatic carbocycles. The van der Waals surface area contributed by atoms with Crippen LogP contribution in [0.3, 0.4) is 0 Å². The Hall–Kier alpha value is -3.00. The lowest BCUT2D eigenvalue weighted by molar-refractivity contribution is -0.130. The van der Waals surface area contributed by atoms with Gasteiger partial charge in [0.25, 0.3) is 5.91 Å². The number of ether oxygens (including phenoxy) is 3. The molecule has 1 aliphatic rings. The monoisotopic (exact) mass is 431 g/mol. The van der Waals surface area contributed by atoms with E-state index in [0.717, 1.165) is 4.88 Å². The van der Waals surface area contributed by atoms with Gasteiger partial charge >= 0.3 is 0 Å². The Morgan fingerprint density at radius 3 is 2.27 bits per heavy atom. The normalized spacial score (nSPS) is 16.4. The van der Waals surface area contributed by atoms with Crippen molar-refractivity contribution in [2.24, 2.45) is 5.92 Å². The minimum absolute atomic E-state index is 0.0841. The number of nitrogens with zero attached hydrogens (tertiary/aromatic N) is 1. The van der Waals surface area contributed by atoms with E-state index >= 15 is 0 Å². The van der Waals surface area contributed by atoms with Crippen molar-refractivity contribution in [3.8, 4) is 17.2 Å². The van der Waals surface area contributed by atoms with Crippen LogP contribution in [0.4, 0.5) is 0 Å². The second kappa shape index (κ2) is 8.79. The van der Waals surface area contributed by atoms with E-state index in [9.17, 15) is 14.7 Å². The number of hydrogen-bond donors (Lipinski definition) is 1. The molecule has 160 valence electrons. The van der Waals surface area contributed by atoms with Crippen LogP contribution in [-0.2, 0) is 16.1 Å². The number of methoxy groups -OCH3 is 3. The number of Topliss-reactive ketones (excluding diaryl/α,β-unsaturated/α-hetero) is 1. The number of ketones is 1. The maximum Gasteiger partial charge on any atom is 0.290 e.